The highest BCUT2D eigenvalue weighted by atomic mass is 16.4. The smallest absolute Gasteiger partial charge is 0.337 e. The average molecular weight is 249 g/mol. The van der Waals surface area contributed by atoms with Crippen molar-refractivity contribution in [2.75, 3.05) is 13.1 Å². The number of hydrogen-bond acceptors (Lipinski definition) is 3. The lowest BCUT2D eigenvalue weighted by molar-refractivity contribution is -0.146. The molecule has 0 spiro atoms. The van der Waals surface area contributed by atoms with Crippen LogP contribution in [0.25, 0.3) is 0 Å². The van der Waals surface area contributed by atoms with Gasteiger partial charge in [-0.2, -0.15) is 0 Å². The van der Waals surface area contributed by atoms with Gasteiger partial charge in [-0.25, -0.2) is 4.79 Å². The minimum absolute atomic E-state index is 0.435. The van der Waals surface area contributed by atoms with Crippen molar-refractivity contribution in [1.29, 1.82) is 0 Å². The van der Waals surface area contributed by atoms with E-state index in [1.165, 1.54) is 24.8 Å². The molecule has 18 heavy (non-hydrogen) atoms. The second-order valence-corrected chi connectivity index (χ2v) is 4.82. The van der Waals surface area contributed by atoms with Crippen LogP contribution >= 0.6 is 0 Å². The van der Waals surface area contributed by atoms with E-state index in [1.807, 2.05) is 12.1 Å². The lowest BCUT2D eigenvalue weighted by Gasteiger charge is -2.26. The fraction of sp³-hybridized carbons (Fsp3) is 0.500. The monoisotopic (exact) mass is 249 g/mol. The normalized spacial score (nSPS) is 18.5. The molecule has 1 aromatic rings. The van der Waals surface area contributed by atoms with Gasteiger partial charge in [0.2, 0.25) is 0 Å². The average Bonchev–Trinajstić information content (AvgIpc) is 2.40. The van der Waals surface area contributed by atoms with Gasteiger partial charge < -0.3 is 10.2 Å². The summed E-state index contributed by atoms with van der Waals surface area (Å²) in [6.45, 7) is 3.18. The van der Waals surface area contributed by atoms with Crippen molar-refractivity contribution in [1.82, 2.24) is 4.90 Å². The maximum absolute atomic E-state index is 10.6. The molecule has 4 nitrogen and oxygen atoms in total. The van der Waals surface area contributed by atoms with Crippen LogP contribution in [-0.2, 0) is 11.3 Å². The third kappa shape index (κ3) is 3.31. The summed E-state index contributed by atoms with van der Waals surface area (Å²) in [5.41, 5.74) is 1.60. The van der Waals surface area contributed by atoms with Crippen LogP contribution in [0.3, 0.4) is 0 Å². The minimum Gasteiger partial charge on any atom is -0.479 e. The number of nitrogens with zero attached hydrogens (tertiary/aromatic N) is 1. The number of carbonyl (C=O) groups is 1. The Morgan fingerprint density at radius 1 is 1.17 bits per heavy atom. The molecule has 0 aliphatic carbocycles. The molecule has 0 aromatic heterocycles. The van der Waals surface area contributed by atoms with Crippen molar-refractivity contribution in [3.05, 3.63) is 35.4 Å². The van der Waals surface area contributed by atoms with Gasteiger partial charge in [0.15, 0.2) is 6.10 Å². The van der Waals surface area contributed by atoms with Gasteiger partial charge in [0, 0.05) is 6.54 Å². The Morgan fingerprint density at radius 3 is 2.33 bits per heavy atom. The quantitative estimate of drug-likeness (QED) is 0.854. The highest BCUT2D eigenvalue weighted by Gasteiger charge is 2.16. The van der Waals surface area contributed by atoms with Crippen LogP contribution in [0.4, 0.5) is 0 Å². The number of piperidine rings is 1. The molecule has 0 radical (unpaired) electrons. The van der Waals surface area contributed by atoms with Crippen LogP contribution in [0.5, 0.6) is 0 Å². The van der Waals surface area contributed by atoms with E-state index in [9.17, 15) is 9.90 Å². The van der Waals surface area contributed by atoms with Gasteiger partial charge in [0.25, 0.3) is 0 Å². The molecule has 0 saturated carbocycles. The van der Waals surface area contributed by atoms with E-state index in [4.69, 9.17) is 5.11 Å². The summed E-state index contributed by atoms with van der Waals surface area (Å²) in [7, 11) is 0. The minimum atomic E-state index is -1.42. The molecular formula is C14H19NO3. The molecule has 0 bridgehead atoms. The van der Waals surface area contributed by atoms with Gasteiger partial charge in [0.1, 0.15) is 0 Å². The molecule has 2 rings (SSSR count). The van der Waals surface area contributed by atoms with E-state index in [-0.39, 0.29) is 0 Å². The molecule has 1 aliphatic heterocycles. The number of rotatable bonds is 4. The molecule has 98 valence electrons. The first-order valence-corrected chi connectivity index (χ1v) is 6.39. The number of aliphatic hydroxyl groups is 1. The maximum Gasteiger partial charge on any atom is 0.337 e. The third-order valence-electron chi connectivity index (χ3n) is 3.38. The summed E-state index contributed by atoms with van der Waals surface area (Å²) >= 11 is 0. The zero-order valence-corrected chi connectivity index (χ0v) is 10.4. The molecule has 0 amide bonds. The molecule has 1 atom stereocenters. The Kier molecular flexibility index (Phi) is 4.33. The fourth-order valence-corrected chi connectivity index (χ4v) is 2.32. The third-order valence-corrected chi connectivity index (χ3v) is 3.38. The Morgan fingerprint density at radius 2 is 1.78 bits per heavy atom. The molecule has 1 aliphatic rings. The van der Waals surface area contributed by atoms with Gasteiger partial charge in [0.05, 0.1) is 0 Å². The Bertz CT molecular complexity index is 396. The van der Waals surface area contributed by atoms with Crippen molar-refractivity contribution in [2.24, 2.45) is 0 Å². The molecule has 1 aromatic carbocycles. The summed E-state index contributed by atoms with van der Waals surface area (Å²) in [6.07, 6.45) is 2.42. The summed E-state index contributed by atoms with van der Waals surface area (Å²) in [5.74, 6) is -1.21. The van der Waals surface area contributed by atoms with Crippen molar-refractivity contribution < 1.29 is 15.0 Å². The van der Waals surface area contributed by atoms with E-state index in [0.717, 1.165) is 19.6 Å². The van der Waals surface area contributed by atoms with Crippen molar-refractivity contribution in [3.63, 3.8) is 0 Å². The zero-order chi connectivity index (χ0) is 13.0. The van der Waals surface area contributed by atoms with Crippen LogP contribution in [0.2, 0.25) is 0 Å². The first kappa shape index (κ1) is 13.1. The van der Waals surface area contributed by atoms with Crippen molar-refractivity contribution >= 4 is 5.97 Å². The number of aliphatic carboxylic acids is 1. The number of aliphatic hydroxyl groups excluding tert-OH is 1. The number of likely N-dealkylation sites (tertiary alicyclic amines) is 1. The molecule has 1 unspecified atom stereocenters. The van der Waals surface area contributed by atoms with E-state index < -0.39 is 12.1 Å². The predicted octanol–water partition coefficient (Wildman–Crippen LogP) is 1.79. The molecule has 4 heteroatoms. The molecule has 1 fully saturated rings. The van der Waals surface area contributed by atoms with Crippen LogP contribution < -0.4 is 0 Å². The lowest BCUT2D eigenvalue weighted by Crippen LogP contribution is -2.29. The highest BCUT2D eigenvalue weighted by molar-refractivity contribution is 5.73. The lowest BCUT2D eigenvalue weighted by atomic mass is 10.1. The van der Waals surface area contributed by atoms with E-state index in [1.54, 1.807) is 12.1 Å². The summed E-state index contributed by atoms with van der Waals surface area (Å²) in [5, 5.41) is 18.1. The number of hydrogen-bond donors (Lipinski definition) is 2. The SMILES string of the molecule is O=C(O)C(O)c1ccc(CN2CCCCC2)cc1. The number of carboxylic acid groups (broad SMARTS) is 1. The second kappa shape index (κ2) is 5.98. The Labute approximate surface area is 107 Å². The van der Waals surface area contributed by atoms with Gasteiger partial charge in [-0.15, -0.1) is 0 Å². The van der Waals surface area contributed by atoms with E-state index in [2.05, 4.69) is 4.90 Å². The summed E-state index contributed by atoms with van der Waals surface area (Å²) < 4.78 is 0. The van der Waals surface area contributed by atoms with Crippen LogP contribution in [0, 0.1) is 0 Å². The number of benzene rings is 1. The van der Waals surface area contributed by atoms with Crippen molar-refractivity contribution in [3.8, 4) is 0 Å². The highest BCUT2D eigenvalue weighted by Crippen LogP contribution is 2.17. The van der Waals surface area contributed by atoms with Gasteiger partial charge in [-0.05, 0) is 37.1 Å². The van der Waals surface area contributed by atoms with Crippen molar-refractivity contribution in [2.45, 2.75) is 31.9 Å². The number of carboxylic acids is 1. The Balaban J connectivity index is 1.96. The topological polar surface area (TPSA) is 60.8 Å². The van der Waals surface area contributed by atoms with Crippen LogP contribution in [0.15, 0.2) is 24.3 Å². The maximum atomic E-state index is 10.6. The summed E-state index contributed by atoms with van der Waals surface area (Å²) in [4.78, 5) is 13.1. The first-order valence-electron chi connectivity index (χ1n) is 6.39. The van der Waals surface area contributed by atoms with E-state index in [0.29, 0.717) is 5.56 Å². The molecular weight excluding hydrogens is 230 g/mol. The molecule has 2 N–H and O–H groups in total. The predicted molar refractivity (Wildman–Crippen MR) is 68.2 cm³/mol. The van der Waals surface area contributed by atoms with Gasteiger partial charge in [-0.3, -0.25) is 4.90 Å². The van der Waals surface area contributed by atoms with Gasteiger partial charge in [-0.1, -0.05) is 30.7 Å². The fourth-order valence-electron chi connectivity index (χ4n) is 2.32. The first-order chi connectivity index (χ1) is 8.66. The summed E-state index contributed by atoms with van der Waals surface area (Å²) in [6, 6.07) is 7.18. The van der Waals surface area contributed by atoms with Crippen LogP contribution in [-0.4, -0.2) is 34.2 Å². The molecule has 1 saturated heterocycles. The second-order valence-electron chi connectivity index (χ2n) is 4.82. The Hall–Kier alpha value is -1.39. The van der Waals surface area contributed by atoms with E-state index >= 15 is 0 Å². The van der Waals surface area contributed by atoms with Crippen LogP contribution in [0.1, 0.15) is 36.5 Å². The van der Waals surface area contributed by atoms with Gasteiger partial charge >= 0.3 is 5.97 Å². The standard InChI is InChI=1S/C14H19NO3/c16-13(14(17)18)12-6-4-11(5-7-12)10-15-8-2-1-3-9-15/h4-7,13,16H,1-3,8-10H2,(H,17,18). The largest absolute Gasteiger partial charge is 0.479 e. The molecule has 1 heterocycles. The zero-order valence-electron chi connectivity index (χ0n) is 10.4.